The topological polar surface area (TPSA) is 26.0 Å². The van der Waals surface area contributed by atoms with Gasteiger partial charge in [-0.15, -0.1) is 0 Å². The van der Waals surface area contributed by atoms with Gasteiger partial charge in [0.1, 0.15) is 0 Å². The summed E-state index contributed by atoms with van der Waals surface area (Å²) in [7, 11) is 0. The molecule has 0 amide bonds. The summed E-state index contributed by atoms with van der Waals surface area (Å²) in [5.74, 6) is 0. The number of rotatable bonds is 1. The molecule has 0 fully saturated rings. The van der Waals surface area contributed by atoms with Crippen LogP contribution < -0.4 is 5.73 Å². The average molecular weight is 307 g/mol. The Morgan fingerprint density at radius 3 is 1.88 bits per heavy atom. The summed E-state index contributed by atoms with van der Waals surface area (Å²) >= 11 is 24.2. The number of hydrogen-bond donors (Lipinski definition) is 1. The molecular formula is C12H7Cl4N. The van der Waals surface area contributed by atoms with E-state index < -0.39 is 0 Å². The summed E-state index contributed by atoms with van der Waals surface area (Å²) in [6, 6.07) is 8.75. The lowest BCUT2D eigenvalue weighted by Crippen LogP contribution is -1.91. The van der Waals surface area contributed by atoms with E-state index in [9.17, 15) is 0 Å². The van der Waals surface area contributed by atoms with Crippen LogP contribution in [-0.4, -0.2) is 0 Å². The quantitative estimate of drug-likeness (QED) is 0.542. The maximum Gasteiger partial charge on any atom is 0.0687 e. The van der Waals surface area contributed by atoms with Crippen molar-refractivity contribution in [3.63, 3.8) is 0 Å². The van der Waals surface area contributed by atoms with Crippen molar-refractivity contribution >= 4 is 52.1 Å². The summed E-state index contributed by atoms with van der Waals surface area (Å²) in [5, 5.41) is 1.39. The first-order valence-electron chi connectivity index (χ1n) is 4.70. The van der Waals surface area contributed by atoms with Gasteiger partial charge in [-0.25, -0.2) is 0 Å². The number of nitrogens with two attached hydrogens (primary N) is 1. The molecule has 0 spiro atoms. The zero-order valence-electron chi connectivity index (χ0n) is 8.48. The molecule has 0 saturated heterocycles. The summed E-state index contributed by atoms with van der Waals surface area (Å²) in [5.41, 5.74) is 7.73. The fraction of sp³-hybridized carbons (Fsp3) is 0. The highest BCUT2D eigenvalue weighted by Crippen LogP contribution is 2.44. The van der Waals surface area contributed by atoms with Gasteiger partial charge in [-0.3, -0.25) is 0 Å². The van der Waals surface area contributed by atoms with Crippen LogP contribution in [0.25, 0.3) is 11.1 Å². The smallest absolute Gasteiger partial charge is 0.0687 e. The van der Waals surface area contributed by atoms with Gasteiger partial charge in [-0.2, -0.15) is 0 Å². The maximum atomic E-state index is 6.15. The molecule has 0 heterocycles. The van der Waals surface area contributed by atoms with Crippen molar-refractivity contribution < 1.29 is 0 Å². The molecule has 0 unspecified atom stereocenters. The highest BCUT2D eigenvalue weighted by atomic mass is 35.5. The second-order valence-corrected chi connectivity index (χ2v) is 5.00. The van der Waals surface area contributed by atoms with E-state index in [1.165, 1.54) is 6.07 Å². The molecule has 88 valence electrons. The van der Waals surface area contributed by atoms with Crippen molar-refractivity contribution in [2.24, 2.45) is 0 Å². The number of benzene rings is 2. The summed E-state index contributed by atoms with van der Waals surface area (Å²) in [6.45, 7) is 0. The first kappa shape index (κ1) is 12.8. The van der Waals surface area contributed by atoms with Crippen LogP contribution in [0.15, 0.2) is 30.3 Å². The third-order valence-electron chi connectivity index (χ3n) is 2.34. The monoisotopic (exact) mass is 305 g/mol. The summed E-state index contributed by atoms with van der Waals surface area (Å²) < 4.78 is 0. The second kappa shape index (κ2) is 4.95. The molecule has 2 aromatic carbocycles. The molecule has 17 heavy (non-hydrogen) atoms. The minimum atomic E-state index is 0.346. The summed E-state index contributed by atoms with van der Waals surface area (Å²) in [4.78, 5) is 0. The Morgan fingerprint density at radius 1 is 0.824 bits per heavy atom. The Morgan fingerprint density at radius 2 is 1.35 bits per heavy atom. The maximum absolute atomic E-state index is 6.15. The predicted octanol–water partition coefficient (Wildman–Crippen LogP) is 5.55. The fourth-order valence-electron chi connectivity index (χ4n) is 1.53. The van der Waals surface area contributed by atoms with Crippen molar-refractivity contribution in [2.45, 2.75) is 0 Å². The molecule has 0 aliphatic heterocycles. The minimum Gasteiger partial charge on any atom is -0.398 e. The fourth-order valence-corrected chi connectivity index (χ4v) is 2.55. The van der Waals surface area contributed by atoms with Gasteiger partial charge in [-0.1, -0.05) is 64.6 Å². The lowest BCUT2D eigenvalue weighted by atomic mass is 10.0. The van der Waals surface area contributed by atoms with E-state index >= 15 is 0 Å². The molecule has 0 bridgehead atoms. The van der Waals surface area contributed by atoms with Crippen molar-refractivity contribution in [3.8, 4) is 11.1 Å². The Bertz CT molecular complexity index is 555. The van der Waals surface area contributed by atoms with Crippen molar-refractivity contribution in [1.82, 2.24) is 0 Å². The van der Waals surface area contributed by atoms with E-state index in [2.05, 4.69) is 0 Å². The van der Waals surface area contributed by atoms with Gasteiger partial charge in [-0.05, 0) is 12.1 Å². The molecule has 2 aromatic rings. The van der Waals surface area contributed by atoms with Crippen LogP contribution in [0.4, 0.5) is 5.69 Å². The Kier molecular flexibility index (Phi) is 3.74. The first-order chi connectivity index (χ1) is 8.02. The highest BCUT2D eigenvalue weighted by molar-refractivity contribution is 6.50. The van der Waals surface area contributed by atoms with Crippen LogP contribution >= 0.6 is 46.4 Å². The van der Waals surface area contributed by atoms with Crippen LogP contribution in [0.2, 0.25) is 20.1 Å². The van der Waals surface area contributed by atoms with E-state index in [0.717, 1.165) is 0 Å². The molecule has 0 atom stereocenters. The number of halogens is 4. The molecule has 0 saturated carbocycles. The summed E-state index contributed by atoms with van der Waals surface area (Å²) in [6.07, 6.45) is 0. The van der Waals surface area contributed by atoms with Crippen molar-refractivity contribution in [3.05, 3.63) is 50.4 Å². The van der Waals surface area contributed by atoms with Gasteiger partial charge < -0.3 is 5.73 Å². The van der Waals surface area contributed by atoms with Crippen LogP contribution in [0.3, 0.4) is 0 Å². The largest absolute Gasteiger partial charge is 0.398 e. The lowest BCUT2D eigenvalue weighted by Gasteiger charge is -2.12. The minimum absolute atomic E-state index is 0.346. The van der Waals surface area contributed by atoms with Crippen molar-refractivity contribution in [2.75, 3.05) is 5.73 Å². The number of hydrogen-bond acceptors (Lipinski definition) is 1. The Hall–Kier alpha value is -0.600. The molecule has 2 rings (SSSR count). The SMILES string of the molecule is Nc1ccccc1-c1c(Cl)c(Cl)cc(Cl)c1Cl. The average Bonchev–Trinajstić information content (AvgIpc) is 2.29. The molecule has 1 nitrogen and oxygen atoms in total. The second-order valence-electron chi connectivity index (χ2n) is 3.43. The standard InChI is InChI=1S/C12H7Cl4N/c13-7-5-8(14)12(16)10(11(7)15)6-3-1-2-4-9(6)17/h1-5H,17H2. The first-order valence-corrected chi connectivity index (χ1v) is 6.21. The molecule has 0 aromatic heterocycles. The van der Waals surface area contributed by atoms with Crippen molar-refractivity contribution in [1.29, 1.82) is 0 Å². The van der Waals surface area contributed by atoms with Crippen LogP contribution in [0, 0.1) is 0 Å². The lowest BCUT2D eigenvalue weighted by molar-refractivity contribution is 1.60. The van der Waals surface area contributed by atoms with Gasteiger partial charge in [0, 0.05) is 16.8 Å². The van der Waals surface area contributed by atoms with Gasteiger partial charge >= 0.3 is 0 Å². The van der Waals surface area contributed by atoms with Gasteiger partial charge in [0.2, 0.25) is 0 Å². The van der Waals surface area contributed by atoms with E-state index in [-0.39, 0.29) is 0 Å². The predicted molar refractivity (Wildman–Crippen MR) is 76.3 cm³/mol. The van der Waals surface area contributed by atoms with Crippen LogP contribution in [0.1, 0.15) is 0 Å². The highest BCUT2D eigenvalue weighted by Gasteiger charge is 2.16. The normalized spacial score (nSPS) is 10.6. The van der Waals surface area contributed by atoms with Gasteiger partial charge in [0.25, 0.3) is 0 Å². The molecule has 0 aliphatic carbocycles. The third kappa shape index (κ3) is 2.34. The van der Waals surface area contributed by atoms with Gasteiger partial charge in [0.05, 0.1) is 20.1 Å². The molecule has 2 N–H and O–H groups in total. The molecule has 0 aliphatic rings. The van der Waals surface area contributed by atoms with Crippen LogP contribution in [0.5, 0.6) is 0 Å². The Balaban J connectivity index is 2.80. The van der Waals surface area contributed by atoms with E-state index in [1.54, 1.807) is 6.07 Å². The zero-order chi connectivity index (χ0) is 12.6. The number of anilines is 1. The third-order valence-corrected chi connectivity index (χ3v) is 3.92. The van der Waals surface area contributed by atoms with E-state index in [1.807, 2.05) is 18.2 Å². The molecular weight excluding hydrogens is 300 g/mol. The van der Waals surface area contributed by atoms with Crippen LogP contribution in [-0.2, 0) is 0 Å². The molecule has 0 radical (unpaired) electrons. The van der Waals surface area contributed by atoms with Gasteiger partial charge in [0.15, 0.2) is 0 Å². The van der Waals surface area contributed by atoms with E-state index in [4.69, 9.17) is 52.1 Å². The number of para-hydroxylation sites is 1. The Labute approximate surface area is 119 Å². The van der Waals surface area contributed by atoms with E-state index in [0.29, 0.717) is 36.9 Å². The number of nitrogen functional groups attached to an aromatic ring is 1. The zero-order valence-corrected chi connectivity index (χ0v) is 11.5. The molecule has 5 heteroatoms.